The Morgan fingerprint density at radius 3 is 2.43 bits per heavy atom. The number of nitrogens with zero attached hydrogens (tertiary/aromatic N) is 1. The van der Waals surface area contributed by atoms with Crippen molar-refractivity contribution < 1.29 is 23.9 Å². The maximum Gasteiger partial charge on any atom is 0.415 e. The highest BCUT2D eigenvalue weighted by Crippen LogP contribution is 2.75. The SMILES string of the molecule is CCCCCOC(=O)[C@]1(C)CC[C@]2(C)CC[C@]3(C)C4=CC=C5C(=CC(=O)C(OC(=O)N6CCCCC6C)=C5C)[C@]4(C)CC[C@@]3(C)[C@@H]2C1. The van der Waals surface area contributed by atoms with Crippen LogP contribution < -0.4 is 0 Å². The number of hydrogen-bond acceptors (Lipinski definition) is 5. The molecule has 0 aromatic rings. The monoisotopic (exact) mass is 645 g/mol. The molecular formula is C41H59NO5. The number of allylic oxidation sites excluding steroid dienone is 7. The minimum absolute atomic E-state index is 0.00369. The van der Waals surface area contributed by atoms with Crippen molar-refractivity contribution in [2.75, 3.05) is 13.2 Å². The van der Waals surface area contributed by atoms with Crippen molar-refractivity contribution in [2.45, 2.75) is 145 Å². The molecule has 0 aromatic heterocycles. The Balaban J connectivity index is 1.30. The topological polar surface area (TPSA) is 72.9 Å². The van der Waals surface area contributed by atoms with Crippen LogP contribution in [0.5, 0.6) is 0 Å². The Kier molecular flexibility index (Phi) is 8.78. The van der Waals surface area contributed by atoms with Gasteiger partial charge in [-0.2, -0.15) is 0 Å². The standard InChI is InChI=1S/C41H59NO5/c1-9-10-13-24-46-35(44)38(5)18-17-37(4)19-21-40(7)32-16-15-29-28(3)34(47-36(45)42-23-12-11-14-27(42)2)31(43)25-30(29)39(32,6)20-22-41(40,8)33(37)26-38/h15-16,25,27,33H,9-14,17-24,26H2,1-8H3/t27?,33-,37-,38-,39+,40-,41+/m1/s1. The van der Waals surface area contributed by atoms with Crippen LogP contribution in [0.2, 0.25) is 0 Å². The average molecular weight is 646 g/mol. The lowest BCUT2D eigenvalue weighted by atomic mass is 9.34. The zero-order valence-electron chi connectivity index (χ0n) is 30.5. The second kappa shape index (κ2) is 12.1. The van der Waals surface area contributed by atoms with Crippen molar-refractivity contribution in [3.63, 3.8) is 0 Å². The summed E-state index contributed by atoms with van der Waals surface area (Å²) in [7, 11) is 0. The van der Waals surface area contributed by atoms with Crippen LogP contribution >= 0.6 is 0 Å². The molecule has 7 atom stereocenters. The third-order valence-electron chi connectivity index (χ3n) is 14.5. The molecule has 258 valence electrons. The van der Waals surface area contributed by atoms with Gasteiger partial charge in [0.1, 0.15) is 0 Å². The summed E-state index contributed by atoms with van der Waals surface area (Å²) < 4.78 is 11.8. The molecule has 0 spiro atoms. The molecule has 6 heteroatoms. The van der Waals surface area contributed by atoms with E-state index >= 15 is 0 Å². The number of ketones is 1. The molecule has 5 aliphatic carbocycles. The minimum atomic E-state index is -0.452. The van der Waals surface area contributed by atoms with Crippen LogP contribution in [-0.4, -0.2) is 41.9 Å². The molecule has 0 aromatic carbocycles. The van der Waals surface area contributed by atoms with Gasteiger partial charge in [0.25, 0.3) is 0 Å². The van der Waals surface area contributed by atoms with Crippen molar-refractivity contribution in [1.82, 2.24) is 4.90 Å². The first-order chi connectivity index (χ1) is 22.1. The summed E-state index contributed by atoms with van der Waals surface area (Å²) in [5.74, 6) is 0.367. The Bertz CT molecular complexity index is 1470. The second-order valence-electron chi connectivity index (χ2n) is 17.3. The van der Waals surface area contributed by atoms with Crippen molar-refractivity contribution in [3.8, 4) is 0 Å². The van der Waals surface area contributed by atoms with Crippen LogP contribution in [0.3, 0.4) is 0 Å². The third kappa shape index (κ3) is 5.30. The molecule has 4 fully saturated rings. The number of amides is 1. The fraction of sp³-hybridized carbons (Fsp3) is 0.732. The predicted molar refractivity (Wildman–Crippen MR) is 185 cm³/mol. The molecule has 3 saturated carbocycles. The van der Waals surface area contributed by atoms with Crippen molar-refractivity contribution >= 4 is 17.8 Å². The molecule has 1 amide bonds. The number of piperidine rings is 1. The van der Waals surface area contributed by atoms with Crippen LogP contribution in [0.25, 0.3) is 0 Å². The largest absolute Gasteiger partial charge is 0.465 e. The quantitative estimate of drug-likeness (QED) is 0.212. The van der Waals surface area contributed by atoms with Gasteiger partial charge in [-0.25, -0.2) is 4.79 Å². The van der Waals surface area contributed by atoms with E-state index < -0.39 is 11.5 Å². The fourth-order valence-electron chi connectivity index (χ4n) is 11.0. The van der Waals surface area contributed by atoms with Gasteiger partial charge in [0.2, 0.25) is 5.78 Å². The van der Waals surface area contributed by atoms with Crippen LogP contribution in [-0.2, 0) is 19.1 Å². The van der Waals surface area contributed by atoms with Gasteiger partial charge >= 0.3 is 12.1 Å². The molecular weight excluding hydrogens is 586 g/mol. The lowest BCUT2D eigenvalue weighted by Crippen LogP contribution is -2.62. The number of ether oxygens (including phenoxy) is 2. The molecule has 6 rings (SSSR count). The van der Waals surface area contributed by atoms with Crippen LogP contribution in [0, 0.1) is 33.0 Å². The summed E-state index contributed by atoms with van der Waals surface area (Å²) in [6, 6.07) is 0.119. The zero-order valence-corrected chi connectivity index (χ0v) is 30.5. The van der Waals surface area contributed by atoms with Gasteiger partial charge in [0.15, 0.2) is 5.76 Å². The second-order valence-corrected chi connectivity index (χ2v) is 17.3. The van der Waals surface area contributed by atoms with E-state index in [0.717, 1.165) is 100 Å². The molecule has 1 unspecified atom stereocenters. The Labute approximate surface area is 283 Å². The van der Waals surface area contributed by atoms with Crippen LogP contribution in [0.15, 0.2) is 46.3 Å². The van der Waals surface area contributed by atoms with E-state index in [1.807, 2.05) is 6.92 Å². The molecule has 47 heavy (non-hydrogen) atoms. The molecule has 0 bridgehead atoms. The van der Waals surface area contributed by atoms with E-state index in [2.05, 4.69) is 60.6 Å². The molecule has 6 nitrogen and oxygen atoms in total. The Morgan fingerprint density at radius 2 is 1.70 bits per heavy atom. The highest BCUT2D eigenvalue weighted by atomic mass is 16.6. The van der Waals surface area contributed by atoms with Crippen molar-refractivity contribution in [1.29, 1.82) is 0 Å². The third-order valence-corrected chi connectivity index (χ3v) is 14.5. The lowest BCUT2D eigenvalue weighted by molar-refractivity contribution is -0.182. The predicted octanol–water partition coefficient (Wildman–Crippen LogP) is 9.80. The summed E-state index contributed by atoms with van der Waals surface area (Å²) in [6.07, 6.45) is 19.1. The van der Waals surface area contributed by atoms with Crippen LogP contribution in [0.4, 0.5) is 4.79 Å². The summed E-state index contributed by atoms with van der Waals surface area (Å²) in [6.45, 7) is 19.3. The van der Waals surface area contributed by atoms with Gasteiger partial charge in [-0.3, -0.25) is 9.59 Å². The highest BCUT2D eigenvalue weighted by molar-refractivity contribution is 6.08. The van der Waals surface area contributed by atoms with E-state index in [1.165, 1.54) is 5.57 Å². The van der Waals surface area contributed by atoms with E-state index in [1.54, 1.807) is 11.0 Å². The smallest absolute Gasteiger partial charge is 0.415 e. The number of fused-ring (bicyclic) bond motifs is 7. The van der Waals surface area contributed by atoms with Gasteiger partial charge in [0, 0.05) is 23.6 Å². The van der Waals surface area contributed by atoms with E-state index in [0.29, 0.717) is 19.1 Å². The van der Waals surface area contributed by atoms with Gasteiger partial charge in [-0.05, 0) is 131 Å². The Morgan fingerprint density at radius 1 is 0.957 bits per heavy atom. The normalized spacial score (nSPS) is 39.8. The molecule has 0 radical (unpaired) electrons. The van der Waals surface area contributed by atoms with E-state index in [-0.39, 0.29) is 45.2 Å². The van der Waals surface area contributed by atoms with Gasteiger partial charge in [-0.1, -0.05) is 65.2 Å². The van der Waals surface area contributed by atoms with Gasteiger partial charge in [-0.15, -0.1) is 0 Å². The maximum absolute atomic E-state index is 13.8. The number of carbonyl (C=O) groups excluding carboxylic acids is 3. The summed E-state index contributed by atoms with van der Waals surface area (Å²) in [5, 5.41) is 0. The number of likely N-dealkylation sites (tertiary alicyclic amines) is 1. The first-order valence-electron chi connectivity index (χ1n) is 18.7. The summed E-state index contributed by atoms with van der Waals surface area (Å²) >= 11 is 0. The molecule has 6 aliphatic rings. The molecule has 1 heterocycles. The zero-order chi connectivity index (χ0) is 34.0. The lowest BCUT2D eigenvalue weighted by Gasteiger charge is -2.70. The van der Waals surface area contributed by atoms with Crippen molar-refractivity contribution in [2.24, 2.45) is 33.0 Å². The number of esters is 1. The molecule has 1 saturated heterocycles. The first kappa shape index (κ1) is 34.2. The minimum Gasteiger partial charge on any atom is -0.465 e. The average Bonchev–Trinajstić information content (AvgIpc) is 3.04. The van der Waals surface area contributed by atoms with E-state index in [9.17, 15) is 14.4 Å². The number of hydrogen-bond donors (Lipinski definition) is 0. The molecule has 1 aliphatic heterocycles. The maximum atomic E-state index is 13.8. The number of unbranched alkanes of at least 4 members (excludes halogenated alkanes) is 2. The number of rotatable bonds is 6. The highest BCUT2D eigenvalue weighted by Gasteiger charge is 2.67. The number of carbonyl (C=O) groups is 3. The van der Waals surface area contributed by atoms with Crippen molar-refractivity contribution in [3.05, 3.63) is 46.3 Å². The Hall–Kier alpha value is -2.63. The fourth-order valence-corrected chi connectivity index (χ4v) is 11.0. The van der Waals surface area contributed by atoms with Gasteiger partial charge in [0.05, 0.1) is 12.0 Å². The van der Waals surface area contributed by atoms with Gasteiger partial charge < -0.3 is 14.4 Å². The molecule has 0 N–H and O–H groups in total. The summed E-state index contributed by atoms with van der Waals surface area (Å²) in [5.41, 5.74) is 3.68. The van der Waals surface area contributed by atoms with E-state index in [4.69, 9.17) is 9.47 Å². The van der Waals surface area contributed by atoms with Crippen LogP contribution in [0.1, 0.15) is 139 Å². The summed E-state index contributed by atoms with van der Waals surface area (Å²) in [4.78, 5) is 42.3. The first-order valence-corrected chi connectivity index (χ1v) is 18.7.